The van der Waals surface area contributed by atoms with Crippen molar-refractivity contribution in [2.75, 3.05) is 0 Å². The average Bonchev–Trinajstić information content (AvgIpc) is 2.57. The topological polar surface area (TPSA) is 86.7 Å². The van der Waals surface area contributed by atoms with Crippen molar-refractivity contribution in [1.29, 1.82) is 0 Å². The van der Waals surface area contributed by atoms with Crippen LogP contribution in [-0.4, -0.2) is 13.0 Å². The van der Waals surface area contributed by atoms with E-state index in [1.54, 1.807) is 12.1 Å². The van der Waals surface area contributed by atoms with Gasteiger partial charge in [-0.3, -0.25) is 4.55 Å². The maximum Gasteiger partial charge on any atom is 1.00 e. The number of aryl methyl sites for hydroxylation is 1. The molecule has 0 saturated heterocycles. The fourth-order valence-electron chi connectivity index (χ4n) is 2.55. The van der Waals surface area contributed by atoms with Gasteiger partial charge < -0.3 is 9.84 Å². The van der Waals surface area contributed by atoms with Gasteiger partial charge in [-0.25, -0.2) is 0 Å². The minimum absolute atomic E-state index is 0. The van der Waals surface area contributed by atoms with Crippen molar-refractivity contribution >= 4 is 10.1 Å². The molecular weight excluding hydrogens is 379 g/mol. The predicted molar refractivity (Wildman–Crippen MR) is 94.7 cm³/mol. The summed E-state index contributed by atoms with van der Waals surface area (Å²) in [6.07, 6.45) is 7.18. The van der Waals surface area contributed by atoms with Gasteiger partial charge in [0.2, 0.25) is 0 Å². The first kappa shape index (κ1) is 23.6. The molecule has 0 unspecified atom stereocenters. The second-order valence-electron chi connectivity index (χ2n) is 5.99. The van der Waals surface area contributed by atoms with Gasteiger partial charge in [0.15, 0.2) is 0 Å². The average molecular weight is 403 g/mol. The molecule has 0 aliphatic carbocycles. The van der Waals surface area contributed by atoms with E-state index in [4.69, 9.17) is 9.29 Å². The maximum absolute atomic E-state index is 11.5. The summed E-state index contributed by atoms with van der Waals surface area (Å²) in [5, 5.41) is 11.5. The fraction of sp³-hybridized carbons (Fsp3) is 0.368. The van der Waals surface area contributed by atoms with Crippen molar-refractivity contribution in [1.82, 2.24) is 0 Å². The van der Waals surface area contributed by atoms with Crippen molar-refractivity contribution in [2.24, 2.45) is 0 Å². The summed E-state index contributed by atoms with van der Waals surface area (Å²) in [5.74, 6) is -0.0533. The van der Waals surface area contributed by atoms with Crippen LogP contribution in [0.3, 0.4) is 0 Å². The molecule has 0 aromatic heterocycles. The molecule has 2 aromatic carbocycles. The van der Waals surface area contributed by atoms with Crippen LogP contribution < -0.4 is 61.2 Å². The van der Waals surface area contributed by atoms with Crippen LogP contribution in [0.15, 0.2) is 47.4 Å². The van der Waals surface area contributed by atoms with Crippen molar-refractivity contribution in [2.45, 2.75) is 50.3 Å². The van der Waals surface area contributed by atoms with Gasteiger partial charge in [0.05, 0.1) is 4.90 Å². The Morgan fingerprint density at radius 2 is 1.58 bits per heavy atom. The Morgan fingerprint density at radius 1 is 0.962 bits per heavy atom. The minimum Gasteiger partial charge on any atom is -0.872 e. The minimum atomic E-state index is -4.56. The molecule has 1 N–H and O–H groups in total. The summed E-state index contributed by atoms with van der Waals surface area (Å²) >= 11 is 0. The first-order valence-corrected chi connectivity index (χ1v) is 9.89. The molecule has 7 heteroatoms. The second-order valence-corrected chi connectivity index (χ2v) is 7.38. The molecule has 0 fully saturated rings. The Hall–Kier alpha value is -0.414. The molecule has 0 saturated carbocycles. The fourth-order valence-corrected chi connectivity index (χ4v) is 3.13. The van der Waals surface area contributed by atoms with Gasteiger partial charge in [-0.15, -0.1) is 0 Å². The smallest absolute Gasteiger partial charge is 0.872 e. The van der Waals surface area contributed by atoms with E-state index in [9.17, 15) is 13.5 Å². The van der Waals surface area contributed by atoms with Gasteiger partial charge >= 0.3 is 51.4 Å². The summed E-state index contributed by atoms with van der Waals surface area (Å²) < 4.78 is 37.0. The zero-order valence-electron chi connectivity index (χ0n) is 15.3. The van der Waals surface area contributed by atoms with E-state index >= 15 is 0 Å². The second kappa shape index (κ2) is 11.4. The molecule has 0 radical (unpaired) electrons. The van der Waals surface area contributed by atoms with Crippen LogP contribution in [0.4, 0.5) is 0 Å². The SMILES string of the molecule is CCCCCCCc1ccc(Oc2ccc([O-])c(S(=O)(=O)O)c2)cc1.[K+]. The Kier molecular flexibility index (Phi) is 10.4. The van der Waals surface area contributed by atoms with E-state index in [2.05, 4.69) is 6.92 Å². The summed E-state index contributed by atoms with van der Waals surface area (Å²) in [4.78, 5) is -0.686. The largest absolute Gasteiger partial charge is 1.00 e. The standard InChI is InChI=1S/C19H24O5S.K/c1-2-3-4-5-6-7-15-8-10-16(11-9-15)24-17-12-13-18(20)19(14-17)25(21,22)23;/h8-14,20H,2-7H2,1H3,(H,21,22,23);/q;+1/p-1. The Labute approximate surface area is 198 Å². The molecule has 26 heavy (non-hydrogen) atoms. The van der Waals surface area contributed by atoms with E-state index < -0.39 is 20.8 Å². The van der Waals surface area contributed by atoms with Crippen LogP contribution >= 0.6 is 0 Å². The molecule has 0 spiro atoms. The molecular formula is C19H23KO5S. The van der Waals surface area contributed by atoms with Gasteiger partial charge in [-0.1, -0.05) is 56.6 Å². The molecule has 0 heterocycles. The van der Waals surface area contributed by atoms with Crippen LogP contribution in [0.25, 0.3) is 0 Å². The molecule has 0 atom stereocenters. The molecule has 0 bridgehead atoms. The van der Waals surface area contributed by atoms with Crippen LogP contribution in [-0.2, 0) is 16.5 Å². The number of hydrogen-bond donors (Lipinski definition) is 1. The number of benzene rings is 2. The van der Waals surface area contributed by atoms with Crippen molar-refractivity contribution < 1.29 is 74.2 Å². The van der Waals surface area contributed by atoms with Crippen LogP contribution in [0.5, 0.6) is 17.2 Å². The molecule has 0 aliphatic rings. The maximum atomic E-state index is 11.5. The number of ether oxygens (including phenoxy) is 1. The first-order chi connectivity index (χ1) is 11.9. The zero-order chi connectivity index (χ0) is 18.3. The first-order valence-electron chi connectivity index (χ1n) is 8.45. The van der Waals surface area contributed by atoms with Gasteiger partial charge in [0.1, 0.15) is 11.5 Å². The zero-order valence-corrected chi connectivity index (χ0v) is 19.2. The number of hydrogen-bond acceptors (Lipinski definition) is 4. The van der Waals surface area contributed by atoms with Crippen LogP contribution in [0.2, 0.25) is 0 Å². The van der Waals surface area contributed by atoms with E-state index in [0.29, 0.717) is 5.75 Å². The molecule has 136 valence electrons. The van der Waals surface area contributed by atoms with Crippen LogP contribution in [0.1, 0.15) is 44.6 Å². The van der Waals surface area contributed by atoms with Gasteiger partial charge in [-0.05, 0) is 36.6 Å². The van der Waals surface area contributed by atoms with Gasteiger partial charge in [0, 0.05) is 6.07 Å². The van der Waals surface area contributed by atoms with Crippen molar-refractivity contribution in [3.63, 3.8) is 0 Å². The number of rotatable bonds is 9. The third-order valence-corrected chi connectivity index (χ3v) is 4.80. The van der Waals surface area contributed by atoms with E-state index in [-0.39, 0.29) is 57.1 Å². The number of unbranched alkanes of at least 4 members (excludes halogenated alkanes) is 4. The van der Waals surface area contributed by atoms with Gasteiger partial charge in [-0.2, -0.15) is 8.42 Å². The Balaban J connectivity index is 0.00000338. The van der Waals surface area contributed by atoms with E-state index in [1.807, 2.05) is 12.1 Å². The van der Waals surface area contributed by atoms with E-state index in [1.165, 1.54) is 37.3 Å². The third kappa shape index (κ3) is 7.68. The predicted octanol–water partition coefficient (Wildman–Crippen LogP) is 1.32. The Morgan fingerprint density at radius 3 is 2.19 bits per heavy atom. The van der Waals surface area contributed by atoms with Gasteiger partial charge in [0.25, 0.3) is 10.1 Å². The molecule has 0 aliphatic heterocycles. The summed E-state index contributed by atoms with van der Waals surface area (Å²) in [6, 6.07) is 11.0. The monoisotopic (exact) mass is 402 g/mol. The normalized spacial score (nSPS) is 11.0. The molecule has 5 nitrogen and oxygen atoms in total. The summed E-state index contributed by atoms with van der Waals surface area (Å²) in [6.45, 7) is 2.20. The molecule has 0 amide bonds. The van der Waals surface area contributed by atoms with E-state index in [0.717, 1.165) is 25.0 Å². The van der Waals surface area contributed by atoms with Crippen molar-refractivity contribution in [3.8, 4) is 17.2 Å². The summed E-state index contributed by atoms with van der Waals surface area (Å²) in [5.41, 5.74) is 1.22. The molecule has 2 rings (SSSR count). The molecule has 2 aromatic rings. The summed E-state index contributed by atoms with van der Waals surface area (Å²) in [7, 11) is -4.56. The van der Waals surface area contributed by atoms with Crippen LogP contribution in [0, 0.1) is 0 Å². The van der Waals surface area contributed by atoms with Crippen molar-refractivity contribution in [3.05, 3.63) is 48.0 Å². The quantitative estimate of drug-likeness (QED) is 0.388. The Bertz CT molecular complexity index is 788. The third-order valence-electron chi connectivity index (χ3n) is 3.92.